The minimum absolute atomic E-state index is 0.108. The van der Waals surface area contributed by atoms with Gasteiger partial charge in [0, 0.05) is 0 Å². The molecule has 0 aromatic heterocycles. The second-order valence-electron chi connectivity index (χ2n) is 4.65. The van der Waals surface area contributed by atoms with Gasteiger partial charge in [0.15, 0.2) is 11.5 Å². The van der Waals surface area contributed by atoms with Crippen LogP contribution in [0.5, 0.6) is 11.5 Å². The van der Waals surface area contributed by atoms with Gasteiger partial charge in [0.1, 0.15) is 0 Å². The first-order valence-electron chi connectivity index (χ1n) is 6.74. The number of phenols is 1. The molecule has 1 rings (SSSR count). The van der Waals surface area contributed by atoms with E-state index in [9.17, 15) is 10.2 Å². The molecule has 1 unspecified atom stereocenters. The summed E-state index contributed by atoms with van der Waals surface area (Å²) in [5, 5.41) is 19.5. The molecule has 0 amide bonds. The van der Waals surface area contributed by atoms with Gasteiger partial charge < -0.3 is 14.9 Å². The Morgan fingerprint density at radius 1 is 1.17 bits per heavy atom. The van der Waals surface area contributed by atoms with Crippen molar-refractivity contribution in [2.24, 2.45) is 0 Å². The fraction of sp³-hybridized carbons (Fsp3) is 0.600. The summed E-state index contributed by atoms with van der Waals surface area (Å²) in [4.78, 5) is 0. The summed E-state index contributed by atoms with van der Waals surface area (Å²) in [6.45, 7) is 2.19. The van der Waals surface area contributed by atoms with Crippen molar-refractivity contribution < 1.29 is 14.9 Å². The SMILES string of the molecule is CCCCCCCC(O)c1ccc(O)c(OC)c1. The van der Waals surface area contributed by atoms with Crippen LogP contribution < -0.4 is 4.74 Å². The molecule has 0 fully saturated rings. The summed E-state index contributed by atoms with van der Waals surface area (Å²) in [5.74, 6) is 0.522. The third-order valence-electron chi connectivity index (χ3n) is 3.17. The van der Waals surface area contributed by atoms with Crippen LogP contribution in [0.15, 0.2) is 18.2 Å². The Hall–Kier alpha value is -1.22. The zero-order chi connectivity index (χ0) is 13.4. The lowest BCUT2D eigenvalue weighted by molar-refractivity contribution is 0.163. The van der Waals surface area contributed by atoms with Crippen molar-refractivity contribution in [1.82, 2.24) is 0 Å². The first kappa shape index (κ1) is 14.8. The molecule has 0 bridgehead atoms. The van der Waals surface area contributed by atoms with Crippen LogP contribution in [-0.4, -0.2) is 17.3 Å². The molecule has 0 saturated heterocycles. The van der Waals surface area contributed by atoms with Gasteiger partial charge in [-0.15, -0.1) is 0 Å². The summed E-state index contributed by atoms with van der Waals surface area (Å²) in [7, 11) is 1.51. The molecule has 0 aliphatic heterocycles. The number of aromatic hydroxyl groups is 1. The molecule has 18 heavy (non-hydrogen) atoms. The molecule has 1 aromatic rings. The van der Waals surface area contributed by atoms with Gasteiger partial charge >= 0.3 is 0 Å². The van der Waals surface area contributed by atoms with E-state index in [4.69, 9.17) is 4.74 Å². The molecule has 3 heteroatoms. The van der Waals surface area contributed by atoms with Gasteiger partial charge in [0.05, 0.1) is 13.2 Å². The van der Waals surface area contributed by atoms with Gasteiger partial charge in [-0.3, -0.25) is 0 Å². The molecule has 0 saturated carbocycles. The largest absolute Gasteiger partial charge is 0.504 e. The minimum Gasteiger partial charge on any atom is -0.504 e. The molecule has 3 nitrogen and oxygen atoms in total. The molecule has 0 heterocycles. The van der Waals surface area contributed by atoms with Crippen LogP contribution in [0.25, 0.3) is 0 Å². The standard InChI is InChI=1S/C15H24O3/c1-3-4-5-6-7-8-13(16)12-9-10-14(17)15(11-12)18-2/h9-11,13,16-17H,3-8H2,1-2H3. The van der Waals surface area contributed by atoms with Crippen molar-refractivity contribution >= 4 is 0 Å². The second kappa shape index (κ2) is 7.98. The number of hydrogen-bond acceptors (Lipinski definition) is 3. The van der Waals surface area contributed by atoms with Crippen LogP contribution in [0.3, 0.4) is 0 Å². The fourth-order valence-corrected chi connectivity index (χ4v) is 2.01. The molecular formula is C15H24O3. The number of rotatable bonds is 8. The minimum atomic E-state index is -0.471. The highest BCUT2D eigenvalue weighted by molar-refractivity contribution is 5.42. The van der Waals surface area contributed by atoms with Gasteiger partial charge in [-0.05, 0) is 24.1 Å². The van der Waals surface area contributed by atoms with Crippen molar-refractivity contribution in [2.75, 3.05) is 7.11 Å². The number of methoxy groups -OCH3 is 1. The van der Waals surface area contributed by atoms with E-state index in [1.54, 1.807) is 18.2 Å². The third kappa shape index (κ3) is 4.57. The quantitative estimate of drug-likeness (QED) is 0.692. The predicted octanol–water partition coefficient (Wildman–Crippen LogP) is 3.79. The predicted molar refractivity (Wildman–Crippen MR) is 73.0 cm³/mol. The highest BCUT2D eigenvalue weighted by atomic mass is 16.5. The summed E-state index contributed by atoms with van der Waals surface area (Å²) < 4.78 is 5.03. The Morgan fingerprint density at radius 3 is 2.56 bits per heavy atom. The van der Waals surface area contributed by atoms with Gasteiger partial charge in [0.2, 0.25) is 0 Å². The highest BCUT2D eigenvalue weighted by Crippen LogP contribution is 2.30. The molecule has 1 atom stereocenters. The second-order valence-corrected chi connectivity index (χ2v) is 4.65. The highest BCUT2D eigenvalue weighted by Gasteiger charge is 2.10. The van der Waals surface area contributed by atoms with Gasteiger partial charge in [-0.2, -0.15) is 0 Å². The van der Waals surface area contributed by atoms with Crippen LogP contribution in [0, 0.1) is 0 Å². The molecule has 0 radical (unpaired) electrons. The number of aliphatic hydroxyl groups is 1. The first-order valence-corrected chi connectivity index (χ1v) is 6.74. The number of unbranched alkanes of at least 4 members (excludes halogenated alkanes) is 4. The molecule has 0 spiro atoms. The average Bonchev–Trinajstić information content (AvgIpc) is 2.38. The average molecular weight is 252 g/mol. The summed E-state index contributed by atoms with van der Waals surface area (Å²) in [6.07, 6.45) is 6.23. The monoisotopic (exact) mass is 252 g/mol. The lowest BCUT2D eigenvalue weighted by Crippen LogP contribution is -1.98. The van der Waals surface area contributed by atoms with Crippen molar-refractivity contribution in [3.63, 3.8) is 0 Å². The molecular weight excluding hydrogens is 228 g/mol. The third-order valence-corrected chi connectivity index (χ3v) is 3.17. The van der Waals surface area contributed by atoms with E-state index < -0.39 is 6.10 Å². The number of ether oxygens (including phenoxy) is 1. The van der Waals surface area contributed by atoms with Gasteiger partial charge in [-0.1, -0.05) is 45.1 Å². The van der Waals surface area contributed by atoms with E-state index in [1.807, 2.05) is 0 Å². The zero-order valence-electron chi connectivity index (χ0n) is 11.4. The van der Waals surface area contributed by atoms with Crippen LogP contribution in [0.1, 0.15) is 57.1 Å². The van der Waals surface area contributed by atoms with Crippen molar-refractivity contribution in [3.05, 3.63) is 23.8 Å². The Kier molecular flexibility index (Phi) is 6.58. The van der Waals surface area contributed by atoms with E-state index in [-0.39, 0.29) is 5.75 Å². The fourth-order valence-electron chi connectivity index (χ4n) is 2.01. The Balaban J connectivity index is 2.43. The van der Waals surface area contributed by atoms with Crippen LogP contribution >= 0.6 is 0 Å². The van der Waals surface area contributed by atoms with Gasteiger partial charge in [0.25, 0.3) is 0 Å². The van der Waals surface area contributed by atoms with Gasteiger partial charge in [-0.25, -0.2) is 0 Å². The normalized spacial score (nSPS) is 12.4. The Bertz CT molecular complexity index is 350. The van der Waals surface area contributed by atoms with E-state index in [0.29, 0.717) is 5.75 Å². The zero-order valence-corrected chi connectivity index (χ0v) is 11.4. The lowest BCUT2D eigenvalue weighted by Gasteiger charge is -2.12. The van der Waals surface area contributed by atoms with Crippen LogP contribution in [-0.2, 0) is 0 Å². The maximum atomic E-state index is 10.1. The Morgan fingerprint density at radius 2 is 1.89 bits per heavy atom. The number of aliphatic hydroxyl groups excluding tert-OH is 1. The molecule has 102 valence electrons. The number of phenolic OH excluding ortho intramolecular Hbond substituents is 1. The molecule has 0 aliphatic rings. The van der Waals surface area contributed by atoms with E-state index in [1.165, 1.54) is 32.8 Å². The maximum absolute atomic E-state index is 10.1. The van der Waals surface area contributed by atoms with E-state index >= 15 is 0 Å². The van der Waals surface area contributed by atoms with Crippen molar-refractivity contribution in [3.8, 4) is 11.5 Å². The number of hydrogen-bond donors (Lipinski definition) is 2. The lowest BCUT2D eigenvalue weighted by atomic mass is 10.0. The molecule has 2 N–H and O–H groups in total. The summed E-state index contributed by atoms with van der Waals surface area (Å²) in [5.41, 5.74) is 0.806. The maximum Gasteiger partial charge on any atom is 0.160 e. The van der Waals surface area contributed by atoms with Crippen LogP contribution in [0.4, 0.5) is 0 Å². The summed E-state index contributed by atoms with van der Waals surface area (Å²) >= 11 is 0. The van der Waals surface area contributed by atoms with Crippen molar-refractivity contribution in [1.29, 1.82) is 0 Å². The topological polar surface area (TPSA) is 49.7 Å². The van der Waals surface area contributed by atoms with Crippen LogP contribution in [0.2, 0.25) is 0 Å². The number of benzene rings is 1. The smallest absolute Gasteiger partial charge is 0.160 e. The first-order chi connectivity index (χ1) is 8.69. The molecule has 0 aliphatic carbocycles. The Labute approximate surface area is 109 Å². The molecule has 1 aromatic carbocycles. The van der Waals surface area contributed by atoms with Crippen molar-refractivity contribution in [2.45, 2.75) is 51.6 Å². The summed E-state index contributed by atoms with van der Waals surface area (Å²) in [6, 6.07) is 5.01. The van der Waals surface area contributed by atoms with E-state index in [2.05, 4.69) is 6.92 Å². The van der Waals surface area contributed by atoms with E-state index in [0.717, 1.165) is 18.4 Å².